The van der Waals surface area contributed by atoms with E-state index in [0.29, 0.717) is 4.47 Å². The van der Waals surface area contributed by atoms with Gasteiger partial charge in [-0.25, -0.2) is 4.98 Å². The van der Waals surface area contributed by atoms with Crippen molar-refractivity contribution in [3.05, 3.63) is 39.1 Å². The van der Waals surface area contributed by atoms with E-state index in [1.165, 1.54) is 28.3 Å². The number of hydrogen-bond acceptors (Lipinski definition) is 5. The molecule has 0 aliphatic rings. The molecule has 3 rings (SSSR count). The van der Waals surface area contributed by atoms with Crippen LogP contribution in [0.2, 0.25) is 4.47 Å². The second kappa shape index (κ2) is 4.60. The predicted octanol–water partition coefficient (Wildman–Crippen LogP) is 4.02. The van der Waals surface area contributed by atoms with Gasteiger partial charge in [0.25, 0.3) is 0 Å². The Morgan fingerprint density at radius 3 is 3.12 bits per heavy atom. The summed E-state index contributed by atoms with van der Waals surface area (Å²) in [5.74, 6) is 0. The van der Waals surface area contributed by atoms with Crippen molar-refractivity contribution in [1.29, 1.82) is 0 Å². The first-order valence-corrected chi connectivity index (χ1v) is 7.02. The molecular weight excluding hydrogens is 274 g/mol. The SMILES string of the molecule is Clc1ncc(CNc2ccc3nscc3c2)s1. The van der Waals surface area contributed by atoms with Gasteiger partial charge in [-0.2, -0.15) is 4.37 Å². The van der Waals surface area contributed by atoms with Gasteiger partial charge in [0.15, 0.2) is 4.47 Å². The van der Waals surface area contributed by atoms with E-state index in [2.05, 4.69) is 20.7 Å². The first-order valence-electron chi connectivity index (χ1n) is 4.99. The van der Waals surface area contributed by atoms with Crippen molar-refractivity contribution >= 4 is 51.1 Å². The average molecular weight is 282 g/mol. The Labute approximate surface area is 111 Å². The number of fused-ring (bicyclic) bond motifs is 1. The molecule has 0 aliphatic heterocycles. The van der Waals surface area contributed by atoms with E-state index < -0.39 is 0 Å². The van der Waals surface area contributed by atoms with Gasteiger partial charge in [0.05, 0.1) is 12.1 Å². The molecule has 2 heterocycles. The van der Waals surface area contributed by atoms with Gasteiger partial charge in [-0.1, -0.05) is 11.6 Å². The molecule has 86 valence electrons. The lowest BCUT2D eigenvalue weighted by Crippen LogP contribution is -1.96. The van der Waals surface area contributed by atoms with E-state index in [9.17, 15) is 0 Å². The van der Waals surface area contributed by atoms with Gasteiger partial charge >= 0.3 is 0 Å². The van der Waals surface area contributed by atoms with Crippen LogP contribution in [0.3, 0.4) is 0 Å². The van der Waals surface area contributed by atoms with Gasteiger partial charge in [-0.05, 0) is 29.7 Å². The van der Waals surface area contributed by atoms with E-state index >= 15 is 0 Å². The Morgan fingerprint density at radius 1 is 1.35 bits per heavy atom. The van der Waals surface area contributed by atoms with Crippen LogP contribution in [0.25, 0.3) is 10.9 Å². The van der Waals surface area contributed by atoms with Crippen molar-refractivity contribution < 1.29 is 0 Å². The van der Waals surface area contributed by atoms with Crippen LogP contribution in [0.15, 0.2) is 29.8 Å². The topological polar surface area (TPSA) is 37.8 Å². The normalized spacial score (nSPS) is 10.9. The van der Waals surface area contributed by atoms with Gasteiger partial charge < -0.3 is 5.32 Å². The first kappa shape index (κ1) is 11.0. The first-order chi connectivity index (χ1) is 8.31. The molecule has 3 nitrogen and oxygen atoms in total. The van der Waals surface area contributed by atoms with Crippen LogP contribution in [0.4, 0.5) is 5.69 Å². The molecule has 2 aromatic heterocycles. The zero-order valence-electron chi connectivity index (χ0n) is 8.68. The van der Waals surface area contributed by atoms with E-state index in [1.807, 2.05) is 17.5 Å². The summed E-state index contributed by atoms with van der Waals surface area (Å²) in [6.45, 7) is 0.744. The minimum Gasteiger partial charge on any atom is -0.380 e. The highest BCUT2D eigenvalue weighted by Crippen LogP contribution is 2.22. The third-order valence-electron chi connectivity index (χ3n) is 2.35. The Bertz CT molecular complexity index is 647. The van der Waals surface area contributed by atoms with Crippen molar-refractivity contribution in [3.8, 4) is 0 Å². The molecule has 3 aromatic rings. The van der Waals surface area contributed by atoms with Crippen LogP contribution in [0.1, 0.15) is 4.88 Å². The average Bonchev–Trinajstić information content (AvgIpc) is 2.94. The second-order valence-electron chi connectivity index (χ2n) is 3.52. The summed E-state index contributed by atoms with van der Waals surface area (Å²) in [5, 5.41) is 6.56. The minimum absolute atomic E-state index is 0.583. The highest BCUT2D eigenvalue weighted by atomic mass is 35.5. The molecule has 0 aliphatic carbocycles. The van der Waals surface area contributed by atoms with Crippen LogP contribution < -0.4 is 5.32 Å². The number of anilines is 1. The maximum absolute atomic E-state index is 5.78. The Balaban J connectivity index is 1.76. The number of nitrogens with one attached hydrogen (secondary N) is 1. The maximum atomic E-state index is 5.78. The van der Waals surface area contributed by atoms with Crippen molar-refractivity contribution in [3.63, 3.8) is 0 Å². The van der Waals surface area contributed by atoms with Crippen molar-refractivity contribution in [2.24, 2.45) is 0 Å². The standard InChI is InChI=1S/C11H8ClN3S2/c12-11-14-5-9(17-11)4-13-8-1-2-10-7(3-8)6-16-15-10/h1-3,5-6,13H,4H2. The van der Waals surface area contributed by atoms with Gasteiger partial charge in [0.1, 0.15) is 0 Å². The summed E-state index contributed by atoms with van der Waals surface area (Å²) in [7, 11) is 0. The third-order valence-corrected chi connectivity index (χ3v) is 4.13. The maximum Gasteiger partial charge on any atom is 0.183 e. The molecule has 0 amide bonds. The molecule has 0 fully saturated rings. The van der Waals surface area contributed by atoms with Gasteiger partial charge in [-0.3, -0.25) is 0 Å². The Morgan fingerprint density at radius 2 is 2.29 bits per heavy atom. The van der Waals surface area contributed by atoms with E-state index in [1.54, 1.807) is 6.20 Å². The summed E-state index contributed by atoms with van der Waals surface area (Å²) in [4.78, 5) is 5.13. The van der Waals surface area contributed by atoms with E-state index in [0.717, 1.165) is 22.6 Å². The number of benzene rings is 1. The van der Waals surface area contributed by atoms with E-state index in [4.69, 9.17) is 11.6 Å². The van der Waals surface area contributed by atoms with Crippen LogP contribution in [-0.2, 0) is 6.54 Å². The molecule has 0 unspecified atom stereocenters. The number of nitrogens with zero attached hydrogens (tertiary/aromatic N) is 2. The molecule has 0 saturated carbocycles. The highest BCUT2D eigenvalue weighted by Gasteiger charge is 2.01. The van der Waals surface area contributed by atoms with Crippen molar-refractivity contribution in [1.82, 2.24) is 9.36 Å². The van der Waals surface area contributed by atoms with Crippen molar-refractivity contribution in [2.75, 3.05) is 5.32 Å². The predicted molar refractivity (Wildman–Crippen MR) is 74.1 cm³/mol. The largest absolute Gasteiger partial charge is 0.380 e. The monoisotopic (exact) mass is 281 g/mol. The second-order valence-corrected chi connectivity index (χ2v) is 5.85. The fourth-order valence-electron chi connectivity index (χ4n) is 1.54. The third kappa shape index (κ3) is 2.41. The van der Waals surface area contributed by atoms with Crippen LogP contribution in [0.5, 0.6) is 0 Å². The highest BCUT2D eigenvalue weighted by molar-refractivity contribution is 7.15. The lowest BCUT2D eigenvalue weighted by atomic mass is 10.2. The minimum atomic E-state index is 0.583. The molecule has 0 radical (unpaired) electrons. The Hall–Kier alpha value is -1.17. The molecule has 17 heavy (non-hydrogen) atoms. The smallest absolute Gasteiger partial charge is 0.183 e. The molecule has 0 spiro atoms. The van der Waals surface area contributed by atoms with Gasteiger partial charge in [0.2, 0.25) is 0 Å². The number of rotatable bonds is 3. The molecule has 0 bridgehead atoms. The quantitative estimate of drug-likeness (QED) is 0.788. The zero-order valence-corrected chi connectivity index (χ0v) is 11.1. The van der Waals surface area contributed by atoms with Crippen LogP contribution in [-0.4, -0.2) is 9.36 Å². The number of thiazole rings is 1. The zero-order chi connectivity index (χ0) is 11.7. The summed E-state index contributed by atoms with van der Waals surface area (Å²) in [6, 6.07) is 6.15. The van der Waals surface area contributed by atoms with Gasteiger partial charge in [0, 0.05) is 27.5 Å². The summed E-state index contributed by atoms with van der Waals surface area (Å²) < 4.78 is 4.85. The molecule has 1 aromatic carbocycles. The lowest BCUT2D eigenvalue weighted by Gasteiger charge is -2.03. The fourth-order valence-corrected chi connectivity index (χ4v) is 3.09. The Kier molecular flexibility index (Phi) is 2.96. The number of hydrogen-bond donors (Lipinski definition) is 1. The van der Waals surface area contributed by atoms with E-state index in [-0.39, 0.29) is 0 Å². The molecule has 0 saturated heterocycles. The molecule has 1 N–H and O–H groups in total. The van der Waals surface area contributed by atoms with Gasteiger partial charge in [-0.15, -0.1) is 11.3 Å². The summed E-state index contributed by atoms with van der Waals surface area (Å²) in [5.41, 5.74) is 2.13. The fraction of sp³-hybridized carbons (Fsp3) is 0.0909. The van der Waals surface area contributed by atoms with Crippen LogP contribution in [0, 0.1) is 0 Å². The van der Waals surface area contributed by atoms with Crippen molar-refractivity contribution in [2.45, 2.75) is 6.54 Å². The molecule has 0 atom stereocenters. The molecule has 6 heteroatoms. The number of halogens is 1. The molecular formula is C11H8ClN3S2. The summed E-state index contributed by atoms with van der Waals surface area (Å²) >= 11 is 8.75. The van der Waals surface area contributed by atoms with Crippen LogP contribution >= 0.6 is 34.5 Å². The summed E-state index contributed by atoms with van der Waals surface area (Å²) in [6.07, 6.45) is 1.80. The lowest BCUT2D eigenvalue weighted by molar-refractivity contribution is 1.18. The number of aromatic nitrogens is 2.